The molecule has 16 heavy (non-hydrogen) atoms. The van der Waals surface area contributed by atoms with Crippen molar-refractivity contribution in [3.8, 4) is 6.07 Å². The highest BCUT2D eigenvalue weighted by atomic mass is 16.2. The zero-order valence-corrected chi connectivity index (χ0v) is 10.7. The molecule has 4 heteroatoms. The van der Waals surface area contributed by atoms with Crippen molar-refractivity contribution in [1.29, 1.82) is 5.26 Å². The van der Waals surface area contributed by atoms with E-state index in [1.807, 2.05) is 19.0 Å². The van der Waals surface area contributed by atoms with Crippen LogP contribution in [0.2, 0.25) is 0 Å². The van der Waals surface area contributed by atoms with E-state index in [0.717, 1.165) is 25.7 Å². The van der Waals surface area contributed by atoms with E-state index in [1.54, 1.807) is 19.0 Å². The first-order valence-electron chi connectivity index (χ1n) is 5.73. The summed E-state index contributed by atoms with van der Waals surface area (Å²) >= 11 is 0. The molecule has 0 aromatic carbocycles. The molecule has 0 N–H and O–H groups in total. The maximum Gasteiger partial charge on any atom is 0.225 e. The first kappa shape index (κ1) is 13.0. The molecule has 4 nitrogen and oxygen atoms in total. The number of nitriles is 1. The summed E-state index contributed by atoms with van der Waals surface area (Å²) in [5.74, 6) is 0.307. The van der Waals surface area contributed by atoms with E-state index in [2.05, 4.69) is 6.07 Å². The second-order valence-electron chi connectivity index (χ2n) is 5.04. The molecular weight excluding hydrogens is 202 g/mol. The van der Waals surface area contributed by atoms with Crippen molar-refractivity contribution in [2.24, 2.45) is 5.92 Å². The molecule has 0 saturated heterocycles. The van der Waals surface area contributed by atoms with Crippen molar-refractivity contribution in [1.82, 2.24) is 9.80 Å². The molecule has 1 amide bonds. The Bertz CT molecular complexity index is 296. The van der Waals surface area contributed by atoms with Crippen molar-refractivity contribution >= 4 is 5.91 Å². The molecule has 1 aliphatic rings. The van der Waals surface area contributed by atoms with Crippen molar-refractivity contribution in [3.63, 3.8) is 0 Å². The standard InChI is InChI=1S/C12H21N3O/c1-14(2)11(16)10-5-7-12(9-13,8-6-10)15(3)4/h10H,5-8H2,1-4H3. The Kier molecular flexibility index (Phi) is 3.93. The Hall–Kier alpha value is -1.08. The summed E-state index contributed by atoms with van der Waals surface area (Å²) in [7, 11) is 7.47. The van der Waals surface area contributed by atoms with Crippen LogP contribution >= 0.6 is 0 Å². The van der Waals surface area contributed by atoms with Gasteiger partial charge >= 0.3 is 0 Å². The largest absolute Gasteiger partial charge is 0.349 e. The van der Waals surface area contributed by atoms with Crippen LogP contribution in [0.5, 0.6) is 0 Å². The van der Waals surface area contributed by atoms with Gasteiger partial charge in [0, 0.05) is 20.0 Å². The smallest absolute Gasteiger partial charge is 0.225 e. The SMILES string of the molecule is CN(C)C(=O)C1CCC(C#N)(N(C)C)CC1. The minimum Gasteiger partial charge on any atom is -0.349 e. The third kappa shape index (κ3) is 2.35. The second-order valence-corrected chi connectivity index (χ2v) is 5.04. The van der Waals surface area contributed by atoms with Gasteiger partial charge in [-0.3, -0.25) is 9.69 Å². The minimum atomic E-state index is -0.358. The number of hydrogen-bond donors (Lipinski definition) is 0. The van der Waals surface area contributed by atoms with Gasteiger partial charge in [-0.1, -0.05) is 0 Å². The molecule has 0 aromatic rings. The lowest BCUT2D eigenvalue weighted by atomic mass is 9.76. The summed E-state index contributed by atoms with van der Waals surface area (Å²) in [4.78, 5) is 15.4. The molecule has 0 radical (unpaired) electrons. The van der Waals surface area contributed by atoms with Gasteiger partial charge in [0.05, 0.1) is 6.07 Å². The molecule has 1 saturated carbocycles. The van der Waals surface area contributed by atoms with Gasteiger partial charge < -0.3 is 4.90 Å². The predicted octanol–water partition coefficient (Wildman–Crippen LogP) is 1.09. The fraction of sp³-hybridized carbons (Fsp3) is 0.833. The molecule has 0 aliphatic heterocycles. The van der Waals surface area contributed by atoms with Gasteiger partial charge in [-0.2, -0.15) is 5.26 Å². The van der Waals surface area contributed by atoms with Crippen molar-refractivity contribution in [2.45, 2.75) is 31.2 Å². The zero-order chi connectivity index (χ0) is 12.3. The molecule has 0 atom stereocenters. The molecule has 0 spiro atoms. The lowest BCUT2D eigenvalue weighted by molar-refractivity contribution is -0.134. The number of carbonyl (C=O) groups is 1. The van der Waals surface area contributed by atoms with E-state index in [9.17, 15) is 10.1 Å². The number of rotatable bonds is 2. The van der Waals surface area contributed by atoms with Gasteiger partial charge in [-0.25, -0.2) is 0 Å². The Morgan fingerprint density at radius 1 is 1.25 bits per heavy atom. The molecule has 0 unspecified atom stereocenters. The highest BCUT2D eigenvalue weighted by Crippen LogP contribution is 2.35. The Morgan fingerprint density at radius 2 is 1.75 bits per heavy atom. The fourth-order valence-corrected chi connectivity index (χ4v) is 2.37. The van der Waals surface area contributed by atoms with Gasteiger partial charge in [-0.05, 0) is 39.8 Å². The van der Waals surface area contributed by atoms with E-state index >= 15 is 0 Å². The van der Waals surface area contributed by atoms with Gasteiger partial charge in [0.1, 0.15) is 5.54 Å². The van der Waals surface area contributed by atoms with Gasteiger partial charge in [0.25, 0.3) is 0 Å². The Labute approximate surface area is 97.8 Å². The summed E-state index contributed by atoms with van der Waals surface area (Å²) in [6.45, 7) is 0. The second kappa shape index (κ2) is 4.84. The highest BCUT2D eigenvalue weighted by Gasteiger charge is 2.39. The quantitative estimate of drug-likeness (QED) is 0.704. The van der Waals surface area contributed by atoms with Gasteiger partial charge in [0.2, 0.25) is 5.91 Å². The maximum absolute atomic E-state index is 11.8. The third-order valence-electron chi connectivity index (χ3n) is 3.67. The van der Waals surface area contributed by atoms with Crippen LogP contribution in [0.4, 0.5) is 0 Å². The van der Waals surface area contributed by atoms with E-state index in [0.29, 0.717) is 0 Å². The average molecular weight is 223 g/mol. The summed E-state index contributed by atoms with van der Waals surface area (Å²) in [5.41, 5.74) is -0.358. The van der Waals surface area contributed by atoms with Gasteiger partial charge in [0.15, 0.2) is 0 Å². The highest BCUT2D eigenvalue weighted by molar-refractivity contribution is 5.78. The molecule has 1 aliphatic carbocycles. The lowest BCUT2D eigenvalue weighted by Gasteiger charge is -2.39. The monoisotopic (exact) mass is 223 g/mol. The van der Waals surface area contributed by atoms with Crippen LogP contribution < -0.4 is 0 Å². The van der Waals surface area contributed by atoms with Gasteiger partial charge in [-0.15, -0.1) is 0 Å². The van der Waals surface area contributed by atoms with E-state index in [-0.39, 0.29) is 17.4 Å². The lowest BCUT2D eigenvalue weighted by Crippen LogP contribution is -2.47. The Balaban J connectivity index is 2.64. The normalized spacial score (nSPS) is 29.9. The summed E-state index contributed by atoms with van der Waals surface area (Å²) in [6, 6.07) is 2.41. The molecular formula is C12H21N3O. The molecule has 0 aromatic heterocycles. The van der Waals surface area contributed by atoms with E-state index in [1.165, 1.54) is 0 Å². The van der Waals surface area contributed by atoms with Crippen LogP contribution in [-0.2, 0) is 4.79 Å². The first-order chi connectivity index (χ1) is 7.43. The van der Waals surface area contributed by atoms with Crippen molar-refractivity contribution in [2.75, 3.05) is 28.2 Å². The first-order valence-corrected chi connectivity index (χ1v) is 5.73. The van der Waals surface area contributed by atoms with Crippen LogP contribution in [0, 0.1) is 17.2 Å². The van der Waals surface area contributed by atoms with E-state index in [4.69, 9.17) is 0 Å². The predicted molar refractivity (Wildman–Crippen MR) is 62.7 cm³/mol. The summed E-state index contributed by atoms with van der Waals surface area (Å²) < 4.78 is 0. The molecule has 1 rings (SSSR count). The minimum absolute atomic E-state index is 0.108. The van der Waals surface area contributed by atoms with Crippen molar-refractivity contribution in [3.05, 3.63) is 0 Å². The number of carbonyl (C=O) groups excluding carboxylic acids is 1. The van der Waals surface area contributed by atoms with Crippen LogP contribution in [0.1, 0.15) is 25.7 Å². The van der Waals surface area contributed by atoms with Crippen LogP contribution in [-0.4, -0.2) is 49.4 Å². The third-order valence-corrected chi connectivity index (χ3v) is 3.67. The topological polar surface area (TPSA) is 47.3 Å². The van der Waals surface area contributed by atoms with Crippen LogP contribution in [0.3, 0.4) is 0 Å². The molecule has 0 heterocycles. The zero-order valence-electron chi connectivity index (χ0n) is 10.7. The molecule has 90 valence electrons. The van der Waals surface area contributed by atoms with E-state index < -0.39 is 0 Å². The number of nitrogens with zero attached hydrogens (tertiary/aromatic N) is 3. The number of hydrogen-bond acceptors (Lipinski definition) is 3. The summed E-state index contributed by atoms with van der Waals surface area (Å²) in [6.07, 6.45) is 3.23. The maximum atomic E-state index is 11.8. The number of amides is 1. The Morgan fingerprint density at radius 3 is 2.06 bits per heavy atom. The molecule has 0 bridgehead atoms. The summed E-state index contributed by atoms with van der Waals surface area (Å²) in [5, 5.41) is 9.26. The van der Waals surface area contributed by atoms with Crippen LogP contribution in [0.25, 0.3) is 0 Å². The van der Waals surface area contributed by atoms with Crippen molar-refractivity contribution < 1.29 is 4.79 Å². The fourth-order valence-electron chi connectivity index (χ4n) is 2.37. The molecule has 1 fully saturated rings. The van der Waals surface area contributed by atoms with Crippen LogP contribution in [0.15, 0.2) is 0 Å². The average Bonchev–Trinajstić information content (AvgIpc) is 2.27.